The second-order valence-corrected chi connectivity index (χ2v) is 7.45. The van der Waals surface area contributed by atoms with Gasteiger partial charge >= 0.3 is 0 Å². The normalized spacial score (nSPS) is 23.4. The van der Waals surface area contributed by atoms with E-state index in [1.165, 1.54) is 38.8 Å². The molecular formula is C15H28IN3O. The third-order valence-corrected chi connectivity index (χ3v) is 5.43. The molecule has 2 aliphatic heterocycles. The van der Waals surface area contributed by atoms with Crippen molar-refractivity contribution in [1.29, 1.82) is 0 Å². The van der Waals surface area contributed by atoms with Gasteiger partial charge in [0.05, 0.1) is 0 Å². The van der Waals surface area contributed by atoms with E-state index in [1.54, 1.807) is 0 Å². The van der Waals surface area contributed by atoms with Gasteiger partial charge in [-0.3, -0.25) is 4.79 Å². The van der Waals surface area contributed by atoms with Crippen molar-refractivity contribution < 1.29 is 4.79 Å². The molecule has 0 aromatic heterocycles. The summed E-state index contributed by atoms with van der Waals surface area (Å²) < 4.78 is 2.28. The zero-order valence-corrected chi connectivity index (χ0v) is 14.6. The number of nitrogens with one attached hydrogen (secondary N) is 1. The molecule has 116 valence electrons. The number of likely N-dealkylation sites (tertiary alicyclic amines) is 1. The Balaban J connectivity index is 1.54. The Morgan fingerprint density at radius 1 is 1.05 bits per heavy atom. The summed E-state index contributed by atoms with van der Waals surface area (Å²) in [5, 5.41) is 3.14. The van der Waals surface area contributed by atoms with E-state index >= 15 is 0 Å². The first kappa shape index (κ1) is 16.5. The predicted octanol–water partition coefficient (Wildman–Crippen LogP) is 2.43. The standard InChI is InChI=1S/C15H28IN3O/c16-19-12-6-14(7-13-19)15(20)17-8-5-11-18-9-3-1-2-4-10-18/h14H,1-13H2,(H,17,20). The molecule has 1 amide bonds. The van der Waals surface area contributed by atoms with Crippen LogP contribution in [0.5, 0.6) is 0 Å². The molecule has 1 N–H and O–H groups in total. The van der Waals surface area contributed by atoms with Crippen LogP contribution in [-0.2, 0) is 4.79 Å². The first-order valence-corrected chi connectivity index (χ1v) is 9.13. The van der Waals surface area contributed by atoms with Crippen molar-refractivity contribution >= 4 is 28.8 Å². The highest BCUT2D eigenvalue weighted by atomic mass is 127. The average molecular weight is 393 g/mol. The summed E-state index contributed by atoms with van der Waals surface area (Å²) in [6.07, 6.45) is 8.60. The lowest BCUT2D eigenvalue weighted by molar-refractivity contribution is -0.126. The van der Waals surface area contributed by atoms with Crippen LogP contribution >= 0.6 is 22.9 Å². The minimum absolute atomic E-state index is 0.249. The molecule has 2 fully saturated rings. The van der Waals surface area contributed by atoms with Gasteiger partial charge in [-0.15, -0.1) is 0 Å². The van der Waals surface area contributed by atoms with Gasteiger partial charge < -0.3 is 10.2 Å². The van der Waals surface area contributed by atoms with Crippen LogP contribution in [0.2, 0.25) is 0 Å². The maximum absolute atomic E-state index is 12.1. The third-order valence-electron chi connectivity index (χ3n) is 4.46. The molecule has 0 bridgehead atoms. The summed E-state index contributed by atoms with van der Waals surface area (Å²) in [6, 6.07) is 0. The van der Waals surface area contributed by atoms with E-state index in [4.69, 9.17) is 0 Å². The van der Waals surface area contributed by atoms with Crippen molar-refractivity contribution in [3.63, 3.8) is 0 Å². The van der Waals surface area contributed by atoms with Gasteiger partial charge in [-0.05, 0) is 51.7 Å². The van der Waals surface area contributed by atoms with E-state index < -0.39 is 0 Å². The van der Waals surface area contributed by atoms with Crippen LogP contribution in [0.15, 0.2) is 0 Å². The molecule has 20 heavy (non-hydrogen) atoms. The Labute approximate surface area is 137 Å². The number of hydrogen-bond donors (Lipinski definition) is 1. The second kappa shape index (κ2) is 9.20. The Kier molecular flexibility index (Phi) is 7.59. The molecule has 2 rings (SSSR count). The van der Waals surface area contributed by atoms with Crippen molar-refractivity contribution in [2.75, 3.05) is 39.3 Å². The number of carbonyl (C=O) groups is 1. The molecule has 0 aromatic rings. The summed E-state index contributed by atoms with van der Waals surface area (Å²) in [6.45, 7) is 6.59. The van der Waals surface area contributed by atoms with E-state index in [-0.39, 0.29) is 11.8 Å². The molecule has 0 saturated carbocycles. The van der Waals surface area contributed by atoms with E-state index in [0.29, 0.717) is 0 Å². The van der Waals surface area contributed by atoms with Crippen LogP contribution in [-0.4, -0.2) is 53.2 Å². The maximum atomic E-state index is 12.1. The van der Waals surface area contributed by atoms with Crippen LogP contribution in [0, 0.1) is 5.92 Å². The molecule has 0 aliphatic carbocycles. The van der Waals surface area contributed by atoms with E-state index in [1.807, 2.05) is 0 Å². The summed E-state index contributed by atoms with van der Waals surface area (Å²) in [5.74, 6) is 0.532. The number of piperidine rings is 1. The minimum atomic E-state index is 0.249. The number of amides is 1. The van der Waals surface area contributed by atoms with Gasteiger partial charge in [-0.1, -0.05) is 12.8 Å². The van der Waals surface area contributed by atoms with Gasteiger partial charge in [0.15, 0.2) is 0 Å². The molecule has 4 nitrogen and oxygen atoms in total. The lowest BCUT2D eigenvalue weighted by Crippen LogP contribution is -2.38. The molecule has 2 heterocycles. The molecule has 0 aromatic carbocycles. The van der Waals surface area contributed by atoms with Crippen molar-refractivity contribution in [3.05, 3.63) is 0 Å². The molecule has 5 heteroatoms. The maximum Gasteiger partial charge on any atom is 0.223 e. The zero-order chi connectivity index (χ0) is 14.2. The average Bonchev–Trinajstić information content (AvgIpc) is 2.73. The highest BCUT2D eigenvalue weighted by Crippen LogP contribution is 2.19. The van der Waals surface area contributed by atoms with Crippen molar-refractivity contribution in [2.45, 2.75) is 44.9 Å². The van der Waals surface area contributed by atoms with Crippen molar-refractivity contribution in [1.82, 2.24) is 13.3 Å². The first-order valence-electron chi connectivity index (χ1n) is 8.16. The van der Waals surface area contributed by atoms with Gasteiger partial charge in [-0.2, -0.15) is 0 Å². The molecule has 2 aliphatic rings. The highest BCUT2D eigenvalue weighted by Gasteiger charge is 2.23. The van der Waals surface area contributed by atoms with Gasteiger partial charge in [0.2, 0.25) is 5.91 Å². The van der Waals surface area contributed by atoms with Crippen LogP contribution in [0.4, 0.5) is 0 Å². The number of carbonyl (C=O) groups excluding carboxylic acids is 1. The van der Waals surface area contributed by atoms with Crippen LogP contribution in [0.3, 0.4) is 0 Å². The zero-order valence-electron chi connectivity index (χ0n) is 12.5. The van der Waals surface area contributed by atoms with E-state index in [9.17, 15) is 4.79 Å². The third kappa shape index (κ3) is 5.85. The predicted molar refractivity (Wildman–Crippen MR) is 90.9 cm³/mol. The van der Waals surface area contributed by atoms with Crippen LogP contribution in [0.25, 0.3) is 0 Å². The quantitative estimate of drug-likeness (QED) is 0.443. The van der Waals surface area contributed by atoms with Gasteiger partial charge in [0.1, 0.15) is 0 Å². The second-order valence-electron chi connectivity index (χ2n) is 6.08. The lowest BCUT2D eigenvalue weighted by Gasteiger charge is -2.26. The summed E-state index contributed by atoms with van der Waals surface area (Å²) in [4.78, 5) is 14.6. The van der Waals surface area contributed by atoms with Crippen LogP contribution in [0.1, 0.15) is 44.9 Å². The van der Waals surface area contributed by atoms with Gasteiger partial charge in [-0.25, -0.2) is 3.11 Å². The molecular weight excluding hydrogens is 365 g/mol. The minimum Gasteiger partial charge on any atom is -0.356 e. The van der Waals surface area contributed by atoms with E-state index in [2.05, 4.69) is 36.2 Å². The smallest absolute Gasteiger partial charge is 0.223 e. The topological polar surface area (TPSA) is 35.6 Å². The van der Waals surface area contributed by atoms with Gasteiger partial charge in [0.25, 0.3) is 0 Å². The SMILES string of the molecule is O=C(NCCCN1CCCCCC1)C1CCN(I)CC1. The fraction of sp³-hybridized carbons (Fsp3) is 0.933. The Hall–Kier alpha value is 0.120. The molecule has 0 unspecified atom stereocenters. The molecule has 0 atom stereocenters. The largest absolute Gasteiger partial charge is 0.356 e. The molecule has 2 saturated heterocycles. The number of rotatable bonds is 5. The fourth-order valence-electron chi connectivity index (χ4n) is 3.13. The fourth-order valence-corrected chi connectivity index (χ4v) is 3.69. The van der Waals surface area contributed by atoms with Crippen molar-refractivity contribution in [3.8, 4) is 0 Å². The summed E-state index contributed by atoms with van der Waals surface area (Å²) >= 11 is 2.35. The van der Waals surface area contributed by atoms with Gasteiger partial charge in [0, 0.05) is 48.4 Å². The number of halogens is 1. The Bertz CT molecular complexity index is 285. The number of hydrogen-bond acceptors (Lipinski definition) is 3. The monoisotopic (exact) mass is 393 g/mol. The first-order chi connectivity index (χ1) is 9.75. The van der Waals surface area contributed by atoms with E-state index in [0.717, 1.165) is 45.4 Å². The Morgan fingerprint density at radius 2 is 1.70 bits per heavy atom. The van der Waals surface area contributed by atoms with Crippen molar-refractivity contribution in [2.24, 2.45) is 5.92 Å². The summed E-state index contributed by atoms with van der Waals surface area (Å²) in [7, 11) is 0. The molecule has 0 spiro atoms. The number of nitrogens with zero attached hydrogens (tertiary/aromatic N) is 2. The lowest BCUT2D eigenvalue weighted by atomic mass is 9.97. The molecule has 0 radical (unpaired) electrons. The highest BCUT2D eigenvalue weighted by molar-refractivity contribution is 14.1. The Morgan fingerprint density at radius 3 is 2.35 bits per heavy atom. The summed E-state index contributed by atoms with van der Waals surface area (Å²) in [5.41, 5.74) is 0. The van der Waals surface area contributed by atoms with Crippen LogP contribution < -0.4 is 5.32 Å².